The number of benzene rings is 1. The van der Waals surface area contributed by atoms with Crippen molar-refractivity contribution in [3.05, 3.63) is 35.4 Å². The zero-order valence-electron chi connectivity index (χ0n) is 13.1. The van der Waals surface area contributed by atoms with Gasteiger partial charge >= 0.3 is 0 Å². The van der Waals surface area contributed by atoms with Crippen LogP contribution in [0.25, 0.3) is 0 Å². The van der Waals surface area contributed by atoms with Gasteiger partial charge in [0.05, 0.1) is 0 Å². The normalized spacial score (nSPS) is 19.3. The van der Waals surface area contributed by atoms with Crippen LogP contribution < -0.4 is 5.32 Å². The summed E-state index contributed by atoms with van der Waals surface area (Å²) >= 11 is 0. The van der Waals surface area contributed by atoms with Crippen LogP contribution in [0.3, 0.4) is 0 Å². The molecule has 0 radical (unpaired) electrons. The summed E-state index contributed by atoms with van der Waals surface area (Å²) in [5, 5.41) is 3.32. The summed E-state index contributed by atoms with van der Waals surface area (Å²) in [4.78, 5) is 12.4. The van der Waals surface area contributed by atoms with Crippen molar-refractivity contribution in [2.24, 2.45) is 11.8 Å². The van der Waals surface area contributed by atoms with Gasteiger partial charge in [-0.1, -0.05) is 49.9 Å². The molecule has 0 atom stereocenters. The van der Waals surface area contributed by atoms with Gasteiger partial charge in [-0.25, -0.2) is 0 Å². The smallest absolute Gasteiger partial charge is 0.166 e. The summed E-state index contributed by atoms with van der Waals surface area (Å²) in [5.41, 5.74) is 2.31. The molecule has 1 aliphatic heterocycles. The number of nitrogens with one attached hydrogen (secondary N) is 1. The van der Waals surface area contributed by atoms with Gasteiger partial charge in [0.2, 0.25) is 0 Å². The average Bonchev–Trinajstić information content (AvgIpc) is 3.01. The molecular weight excluding hydrogens is 317 g/mol. The lowest BCUT2D eigenvalue weighted by atomic mass is 9.89. The number of piperidine rings is 1. The summed E-state index contributed by atoms with van der Waals surface area (Å²) in [6.07, 6.45) is 8.74. The molecule has 0 unspecified atom stereocenters. The molecule has 1 heterocycles. The molecule has 1 aromatic rings. The molecule has 2 fully saturated rings. The predicted molar refractivity (Wildman–Crippen MR) is 96.5 cm³/mol. The van der Waals surface area contributed by atoms with Crippen molar-refractivity contribution >= 4 is 30.6 Å². The summed E-state index contributed by atoms with van der Waals surface area (Å²) in [5.74, 6) is 1.46. The van der Waals surface area contributed by atoms with E-state index in [0.717, 1.165) is 37.4 Å². The van der Waals surface area contributed by atoms with E-state index in [0.29, 0.717) is 5.78 Å². The predicted octanol–water partition coefficient (Wildman–Crippen LogP) is 4.45. The van der Waals surface area contributed by atoms with Gasteiger partial charge in [0.1, 0.15) is 0 Å². The Hall–Kier alpha value is -0.570. The molecule has 0 amide bonds. The number of carbonyl (C=O) groups excluding carboxylic acids is 1. The summed E-state index contributed by atoms with van der Waals surface area (Å²) in [7, 11) is 0. The van der Waals surface area contributed by atoms with Crippen LogP contribution in [0.15, 0.2) is 24.3 Å². The second kappa shape index (κ2) is 9.54. The van der Waals surface area contributed by atoms with Crippen LogP contribution in [0.1, 0.15) is 54.4 Å². The highest BCUT2D eigenvalue weighted by molar-refractivity contribution is 5.97. The van der Waals surface area contributed by atoms with Crippen LogP contribution >= 0.6 is 24.8 Å². The number of halogens is 2. The standard InChI is InChI=1S/C18H25NO.2ClH/c20-18(17-9-11-19-12-10-17)16-7-5-15(6-8-16)13-14-3-1-2-4-14;;/h5-8,14,17,19H,1-4,9-13H2;2*1H. The van der Waals surface area contributed by atoms with Gasteiger partial charge in [-0.3, -0.25) is 4.79 Å². The molecule has 1 aromatic carbocycles. The molecule has 2 aliphatic rings. The molecule has 0 aromatic heterocycles. The number of Topliss-reactive ketones (excluding diaryl/α,β-unsaturated/α-hetero) is 1. The minimum absolute atomic E-state index is 0. The maximum absolute atomic E-state index is 12.4. The Kier molecular flexibility index (Phi) is 8.45. The van der Waals surface area contributed by atoms with Gasteiger partial charge < -0.3 is 5.32 Å². The monoisotopic (exact) mass is 343 g/mol. The molecule has 22 heavy (non-hydrogen) atoms. The second-order valence-corrected chi connectivity index (χ2v) is 6.44. The molecule has 2 nitrogen and oxygen atoms in total. The van der Waals surface area contributed by atoms with Crippen molar-refractivity contribution in [3.63, 3.8) is 0 Å². The Bertz CT molecular complexity index is 449. The van der Waals surface area contributed by atoms with Crippen molar-refractivity contribution in [1.29, 1.82) is 0 Å². The fourth-order valence-electron chi connectivity index (χ4n) is 3.67. The van der Waals surface area contributed by atoms with Gasteiger partial charge in [-0.15, -0.1) is 24.8 Å². The van der Waals surface area contributed by atoms with Crippen molar-refractivity contribution < 1.29 is 4.79 Å². The second-order valence-electron chi connectivity index (χ2n) is 6.44. The Balaban J connectivity index is 0.00000121. The van der Waals surface area contributed by atoms with Gasteiger partial charge in [0.15, 0.2) is 5.78 Å². The first-order valence-electron chi connectivity index (χ1n) is 8.17. The molecule has 3 rings (SSSR count). The Morgan fingerprint density at radius 3 is 2.14 bits per heavy atom. The topological polar surface area (TPSA) is 29.1 Å². The molecular formula is C18H27Cl2NO. The van der Waals surface area contributed by atoms with E-state index < -0.39 is 0 Å². The number of hydrogen-bond acceptors (Lipinski definition) is 2. The molecule has 4 heteroatoms. The zero-order valence-corrected chi connectivity index (χ0v) is 14.7. The van der Waals surface area contributed by atoms with Gasteiger partial charge in [0.25, 0.3) is 0 Å². The minimum Gasteiger partial charge on any atom is -0.317 e. The fraction of sp³-hybridized carbons (Fsp3) is 0.611. The third-order valence-electron chi connectivity index (χ3n) is 4.95. The van der Waals surface area contributed by atoms with Crippen LogP contribution in [0.4, 0.5) is 0 Å². The van der Waals surface area contributed by atoms with Crippen LogP contribution in [0, 0.1) is 11.8 Å². The molecule has 124 valence electrons. The van der Waals surface area contributed by atoms with Crippen molar-refractivity contribution in [2.75, 3.05) is 13.1 Å². The zero-order chi connectivity index (χ0) is 13.8. The van der Waals surface area contributed by atoms with E-state index in [2.05, 4.69) is 29.6 Å². The van der Waals surface area contributed by atoms with Crippen LogP contribution in [-0.2, 0) is 6.42 Å². The average molecular weight is 344 g/mol. The van der Waals surface area contributed by atoms with Crippen LogP contribution in [-0.4, -0.2) is 18.9 Å². The maximum atomic E-state index is 12.4. The van der Waals surface area contributed by atoms with E-state index in [-0.39, 0.29) is 30.7 Å². The Labute approximate surface area is 146 Å². The van der Waals surface area contributed by atoms with E-state index in [4.69, 9.17) is 0 Å². The highest BCUT2D eigenvalue weighted by Gasteiger charge is 2.22. The molecule has 1 N–H and O–H groups in total. The quantitative estimate of drug-likeness (QED) is 0.818. The van der Waals surface area contributed by atoms with E-state index in [1.54, 1.807) is 0 Å². The third-order valence-corrected chi connectivity index (χ3v) is 4.95. The van der Waals surface area contributed by atoms with Crippen LogP contribution in [0.5, 0.6) is 0 Å². The SMILES string of the molecule is Cl.Cl.O=C(c1ccc(CC2CCCC2)cc1)C1CCNCC1. The highest BCUT2D eigenvalue weighted by atomic mass is 35.5. The lowest BCUT2D eigenvalue weighted by Gasteiger charge is -2.21. The molecule has 0 bridgehead atoms. The Morgan fingerprint density at radius 1 is 0.955 bits per heavy atom. The molecule has 1 saturated heterocycles. The van der Waals surface area contributed by atoms with E-state index in [9.17, 15) is 4.79 Å². The molecule has 1 aliphatic carbocycles. The van der Waals surface area contributed by atoms with Gasteiger partial charge in [-0.2, -0.15) is 0 Å². The lowest BCUT2D eigenvalue weighted by Crippen LogP contribution is -2.31. The van der Waals surface area contributed by atoms with E-state index in [1.165, 1.54) is 37.7 Å². The molecule has 1 saturated carbocycles. The number of ketones is 1. The number of carbonyl (C=O) groups is 1. The van der Waals surface area contributed by atoms with E-state index in [1.807, 2.05) is 0 Å². The fourth-order valence-corrected chi connectivity index (χ4v) is 3.67. The van der Waals surface area contributed by atoms with Crippen molar-refractivity contribution in [2.45, 2.75) is 44.9 Å². The van der Waals surface area contributed by atoms with Crippen molar-refractivity contribution in [3.8, 4) is 0 Å². The number of rotatable bonds is 4. The minimum atomic E-state index is 0. The summed E-state index contributed by atoms with van der Waals surface area (Å²) in [6.45, 7) is 1.96. The number of hydrogen-bond donors (Lipinski definition) is 1. The Morgan fingerprint density at radius 2 is 1.55 bits per heavy atom. The summed E-state index contributed by atoms with van der Waals surface area (Å²) in [6, 6.07) is 8.45. The largest absolute Gasteiger partial charge is 0.317 e. The first-order valence-corrected chi connectivity index (χ1v) is 8.17. The van der Waals surface area contributed by atoms with E-state index >= 15 is 0 Å². The van der Waals surface area contributed by atoms with Gasteiger partial charge in [0, 0.05) is 11.5 Å². The third kappa shape index (κ3) is 4.97. The lowest BCUT2D eigenvalue weighted by molar-refractivity contribution is 0.0895. The molecule has 0 spiro atoms. The first-order chi connectivity index (χ1) is 9.83. The summed E-state index contributed by atoms with van der Waals surface area (Å²) < 4.78 is 0. The van der Waals surface area contributed by atoms with Crippen LogP contribution in [0.2, 0.25) is 0 Å². The maximum Gasteiger partial charge on any atom is 0.166 e. The highest BCUT2D eigenvalue weighted by Crippen LogP contribution is 2.28. The van der Waals surface area contributed by atoms with Gasteiger partial charge in [-0.05, 0) is 43.8 Å². The van der Waals surface area contributed by atoms with Crippen molar-refractivity contribution in [1.82, 2.24) is 5.32 Å². The first kappa shape index (κ1) is 19.5.